The minimum absolute atomic E-state index is 0.680. The summed E-state index contributed by atoms with van der Waals surface area (Å²) in [6, 6.07) is 16.0. The van der Waals surface area contributed by atoms with E-state index >= 15 is 0 Å². The molecule has 1 fully saturated rings. The Kier molecular flexibility index (Phi) is 3.90. The number of hydrogen-bond donors (Lipinski definition) is 0. The van der Waals surface area contributed by atoms with Crippen LogP contribution >= 0.6 is 15.9 Å². The van der Waals surface area contributed by atoms with E-state index in [1.54, 1.807) is 0 Å². The van der Waals surface area contributed by atoms with E-state index < -0.39 is 0 Å². The lowest BCUT2D eigenvalue weighted by molar-refractivity contribution is 0.245. The number of alkyl halides is 1. The first-order valence-corrected chi connectivity index (χ1v) is 8.18. The van der Waals surface area contributed by atoms with Crippen molar-refractivity contribution in [2.75, 3.05) is 11.9 Å². The second-order valence-electron chi connectivity index (χ2n) is 5.60. The molecule has 0 radical (unpaired) electrons. The highest BCUT2D eigenvalue weighted by Gasteiger charge is 2.30. The van der Waals surface area contributed by atoms with Crippen LogP contribution in [0.4, 0.5) is 0 Å². The molecule has 0 bridgehead atoms. The van der Waals surface area contributed by atoms with E-state index in [4.69, 9.17) is 0 Å². The Labute approximate surface area is 123 Å². The van der Waals surface area contributed by atoms with E-state index in [2.05, 4.69) is 70.2 Å². The second-order valence-corrected chi connectivity index (χ2v) is 6.24. The standard InChI is InChI=1S/C17H20BrN/c1-13-9-10-19(17(13)11-18)12-15-7-4-6-14-5-2-3-8-16(14)15/h2-8,13,17H,9-12H2,1H3. The van der Waals surface area contributed by atoms with E-state index in [-0.39, 0.29) is 0 Å². The molecule has 0 saturated carbocycles. The Morgan fingerprint density at radius 3 is 2.79 bits per heavy atom. The van der Waals surface area contributed by atoms with E-state index in [9.17, 15) is 0 Å². The topological polar surface area (TPSA) is 3.24 Å². The zero-order valence-electron chi connectivity index (χ0n) is 11.3. The lowest BCUT2D eigenvalue weighted by atomic mass is 10.0. The highest BCUT2D eigenvalue weighted by Crippen LogP contribution is 2.28. The Morgan fingerprint density at radius 2 is 1.95 bits per heavy atom. The first-order valence-electron chi connectivity index (χ1n) is 7.06. The molecule has 19 heavy (non-hydrogen) atoms. The molecule has 0 aromatic heterocycles. The van der Waals surface area contributed by atoms with Crippen LogP contribution in [0.15, 0.2) is 42.5 Å². The number of fused-ring (bicyclic) bond motifs is 1. The van der Waals surface area contributed by atoms with Gasteiger partial charge >= 0.3 is 0 Å². The average molecular weight is 318 g/mol. The summed E-state index contributed by atoms with van der Waals surface area (Å²) in [6.45, 7) is 4.66. The van der Waals surface area contributed by atoms with Crippen molar-refractivity contribution in [3.8, 4) is 0 Å². The number of benzene rings is 2. The van der Waals surface area contributed by atoms with Gasteiger partial charge in [0.2, 0.25) is 0 Å². The first-order chi connectivity index (χ1) is 9.29. The van der Waals surface area contributed by atoms with Gasteiger partial charge in [-0.25, -0.2) is 0 Å². The monoisotopic (exact) mass is 317 g/mol. The van der Waals surface area contributed by atoms with Gasteiger partial charge in [-0.05, 0) is 35.2 Å². The van der Waals surface area contributed by atoms with Crippen LogP contribution in [0.2, 0.25) is 0 Å². The molecule has 0 amide bonds. The van der Waals surface area contributed by atoms with Crippen molar-refractivity contribution < 1.29 is 0 Å². The molecule has 1 heterocycles. The summed E-state index contributed by atoms with van der Waals surface area (Å²) in [6.07, 6.45) is 1.32. The summed E-state index contributed by atoms with van der Waals surface area (Å²) in [5.74, 6) is 0.800. The summed E-state index contributed by atoms with van der Waals surface area (Å²) in [4.78, 5) is 2.63. The molecule has 2 aromatic carbocycles. The largest absolute Gasteiger partial charge is 0.295 e. The quantitative estimate of drug-likeness (QED) is 0.756. The van der Waals surface area contributed by atoms with Crippen LogP contribution in [0.1, 0.15) is 18.9 Å². The number of hydrogen-bond acceptors (Lipinski definition) is 1. The van der Waals surface area contributed by atoms with Crippen LogP contribution in [0.25, 0.3) is 10.8 Å². The molecule has 1 aliphatic heterocycles. The van der Waals surface area contributed by atoms with Crippen molar-refractivity contribution >= 4 is 26.7 Å². The fraction of sp³-hybridized carbons (Fsp3) is 0.412. The molecule has 0 aliphatic carbocycles. The predicted molar refractivity (Wildman–Crippen MR) is 85.7 cm³/mol. The maximum atomic E-state index is 3.68. The van der Waals surface area contributed by atoms with Gasteiger partial charge in [-0.3, -0.25) is 4.90 Å². The van der Waals surface area contributed by atoms with Crippen molar-refractivity contribution in [3.63, 3.8) is 0 Å². The SMILES string of the molecule is CC1CCN(Cc2cccc3ccccc23)C1CBr. The van der Waals surface area contributed by atoms with Crippen molar-refractivity contribution in [2.45, 2.75) is 25.9 Å². The summed E-state index contributed by atoms with van der Waals surface area (Å²) in [7, 11) is 0. The molecule has 2 heteroatoms. The van der Waals surface area contributed by atoms with Crippen molar-refractivity contribution in [1.82, 2.24) is 4.90 Å². The smallest absolute Gasteiger partial charge is 0.0243 e. The molecule has 2 atom stereocenters. The van der Waals surface area contributed by atoms with Gasteiger partial charge in [0.1, 0.15) is 0 Å². The molecule has 0 spiro atoms. The van der Waals surface area contributed by atoms with E-state index in [0.717, 1.165) is 17.8 Å². The Bertz CT molecular complexity index is 561. The molecule has 2 aromatic rings. The molecule has 100 valence electrons. The highest BCUT2D eigenvalue weighted by molar-refractivity contribution is 9.09. The molecule has 1 aliphatic rings. The molecular formula is C17H20BrN. The Hall–Kier alpha value is -0.860. The summed E-state index contributed by atoms with van der Waals surface area (Å²) in [5.41, 5.74) is 1.46. The fourth-order valence-corrected chi connectivity index (χ4v) is 4.23. The zero-order valence-corrected chi connectivity index (χ0v) is 12.9. The second kappa shape index (κ2) is 5.64. The van der Waals surface area contributed by atoms with Gasteiger partial charge in [-0.15, -0.1) is 0 Å². The van der Waals surface area contributed by atoms with Gasteiger partial charge in [-0.2, -0.15) is 0 Å². The summed E-state index contributed by atoms with van der Waals surface area (Å²) < 4.78 is 0. The molecule has 1 saturated heterocycles. The van der Waals surface area contributed by atoms with Crippen LogP contribution in [0.5, 0.6) is 0 Å². The molecular weight excluding hydrogens is 298 g/mol. The minimum Gasteiger partial charge on any atom is -0.295 e. The van der Waals surface area contributed by atoms with E-state index in [1.165, 1.54) is 29.3 Å². The first kappa shape index (κ1) is 13.1. The predicted octanol–water partition coefficient (Wildman–Crippen LogP) is 4.45. The highest BCUT2D eigenvalue weighted by atomic mass is 79.9. The Balaban J connectivity index is 1.89. The summed E-state index contributed by atoms with van der Waals surface area (Å²) >= 11 is 3.68. The van der Waals surface area contributed by atoms with E-state index in [1.807, 2.05) is 0 Å². The van der Waals surface area contributed by atoms with Gasteiger partial charge in [0.05, 0.1) is 0 Å². The Morgan fingerprint density at radius 1 is 1.16 bits per heavy atom. The van der Waals surface area contributed by atoms with Crippen LogP contribution in [0, 0.1) is 5.92 Å². The third-order valence-corrected chi connectivity index (χ3v) is 5.07. The van der Waals surface area contributed by atoms with Crippen molar-refractivity contribution in [2.24, 2.45) is 5.92 Å². The zero-order chi connectivity index (χ0) is 13.2. The van der Waals surface area contributed by atoms with E-state index in [0.29, 0.717) is 6.04 Å². The molecule has 2 unspecified atom stereocenters. The maximum absolute atomic E-state index is 3.68. The number of rotatable bonds is 3. The molecule has 1 nitrogen and oxygen atoms in total. The minimum atomic E-state index is 0.680. The van der Waals surface area contributed by atoms with Crippen LogP contribution in [-0.2, 0) is 6.54 Å². The van der Waals surface area contributed by atoms with Gasteiger partial charge in [-0.1, -0.05) is 65.3 Å². The lowest BCUT2D eigenvalue weighted by Gasteiger charge is -2.25. The third-order valence-electron chi connectivity index (χ3n) is 4.41. The van der Waals surface area contributed by atoms with Gasteiger partial charge in [0.25, 0.3) is 0 Å². The van der Waals surface area contributed by atoms with Crippen LogP contribution in [0.3, 0.4) is 0 Å². The van der Waals surface area contributed by atoms with Crippen LogP contribution in [-0.4, -0.2) is 22.8 Å². The lowest BCUT2D eigenvalue weighted by Crippen LogP contribution is -2.33. The maximum Gasteiger partial charge on any atom is 0.0243 e. The number of halogens is 1. The van der Waals surface area contributed by atoms with Gasteiger partial charge in [0, 0.05) is 17.9 Å². The normalized spacial score (nSPS) is 24.1. The molecule has 0 N–H and O–H groups in total. The average Bonchev–Trinajstić information content (AvgIpc) is 2.79. The number of nitrogens with zero attached hydrogens (tertiary/aromatic N) is 1. The van der Waals surface area contributed by atoms with Gasteiger partial charge in [0.15, 0.2) is 0 Å². The van der Waals surface area contributed by atoms with Crippen molar-refractivity contribution in [3.05, 3.63) is 48.0 Å². The van der Waals surface area contributed by atoms with Crippen LogP contribution < -0.4 is 0 Å². The fourth-order valence-electron chi connectivity index (χ4n) is 3.18. The third kappa shape index (κ3) is 2.56. The van der Waals surface area contributed by atoms with Gasteiger partial charge < -0.3 is 0 Å². The summed E-state index contributed by atoms with van der Waals surface area (Å²) in [5, 5.41) is 3.83. The number of likely N-dealkylation sites (tertiary alicyclic amines) is 1. The van der Waals surface area contributed by atoms with Crippen molar-refractivity contribution in [1.29, 1.82) is 0 Å². The molecule has 3 rings (SSSR count).